The minimum Gasteiger partial charge on any atom is -0.462 e. The molecule has 3 N–H and O–H groups in total. The standard InChI is InChI=1S/C61H106NO8P/c1-3-5-7-9-11-13-15-17-18-19-20-21-22-23-24-25-26-27-28-29-30-31-32-33-34-35-36-37-38-39-40-42-44-46-48-50-52-54-61(64)70-59(58-69-71(65,66)68-56-55-62)57-67-60(63)53-51-49-47-45-43-41-16-14-12-10-8-6-4-2/h5,7,11,13-14,16-18,20-21,23-24,26-27,29-30,59H,3-4,6,8-10,12,15,19,22,25,28,31-58,62H2,1-2H3,(H,65,66)/b7-5-,13-11-,16-14-,18-17-,21-20-,24-23-,27-26-,30-29-. The maximum Gasteiger partial charge on any atom is 0.472 e. The van der Waals surface area contributed by atoms with Crippen LogP contribution in [0.5, 0.6) is 0 Å². The van der Waals surface area contributed by atoms with Gasteiger partial charge in [-0.1, -0.05) is 233 Å². The number of phosphoric ester groups is 1. The lowest BCUT2D eigenvalue weighted by atomic mass is 10.0. The number of phosphoric acid groups is 1. The summed E-state index contributed by atoms with van der Waals surface area (Å²) in [6.45, 7) is 3.60. The molecular weight excluding hydrogens is 906 g/mol. The highest BCUT2D eigenvalue weighted by molar-refractivity contribution is 7.47. The fourth-order valence-corrected chi connectivity index (χ4v) is 8.49. The Kier molecular flexibility index (Phi) is 53.8. The van der Waals surface area contributed by atoms with Crippen LogP contribution in [-0.2, 0) is 32.7 Å². The molecule has 0 fully saturated rings. The molecule has 0 radical (unpaired) electrons. The molecule has 0 aromatic heterocycles. The molecule has 10 heteroatoms. The first kappa shape index (κ1) is 67.9. The van der Waals surface area contributed by atoms with Crippen LogP contribution in [0.3, 0.4) is 0 Å². The highest BCUT2D eigenvalue weighted by Gasteiger charge is 2.26. The Bertz CT molecular complexity index is 1480. The van der Waals surface area contributed by atoms with E-state index in [1.54, 1.807) is 0 Å². The number of rotatable bonds is 53. The number of carbonyl (C=O) groups excluding carboxylic acids is 2. The molecule has 0 aromatic carbocycles. The molecule has 0 aliphatic rings. The second-order valence-electron chi connectivity index (χ2n) is 18.8. The van der Waals surface area contributed by atoms with E-state index in [1.165, 1.54) is 109 Å². The summed E-state index contributed by atoms with van der Waals surface area (Å²) in [6.07, 6.45) is 74.7. The monoisotopic (exact) mass is 1010 g/mol. The van der Waals surface area contributed by atoms with Crippen LogP contribution in [0.25, 0.3) is 0 Å². The van der Waals surface area contributed by atoms with E-state index in [2.05, 4.69) is 111 Å². The Hall–Kier alpha value is -3.07. The second-order valence-corrected chi connectivity index (χ2v) is 20.2. The van der Waals surface area contributed by atoms with E-state index in [0.29, 0.717) is 6.42 Å². The van der Waals surface area contributed by atoms with Gasteiger partial charge in [-0.3, -0.25) is 18.6 Å². The van der Waals surface area contributed by atoms with Crippen molar-refractivity contribution in [1.82, 2.24) is 0 Å². The normalized spacial score (nSPS) is 13.8. The van der Waals surface area contributed by atoms with Crippen molar-refractivity contribution < 1.29 is 37.6 Å². The molecule has 0 aromatic rings. The van der Waals surface area contributed by atoms with Crippen molar-refractivity contribution in [3.63, 3.8) is 0 Å². The van der Waals surface area contributed by atoms with Crippen LogP contribution >= 0.6 is 7.82 Å². The Morgan fingerprint density at radius 3 is 1.17 bits per heavy atom. The van der Waals surface area contributed by atoms with Crippen LogP contribution in [0.1, 0.15) is 245 Å². The van der Waals surface area contributed by atoms with Crippen molar-refractivity contribution >= 4 is 19.8 Å². The van der Waals surface area contributed by atoms with Crippen molar-refractivity contribution in [2.75, 3.05) is 26.4 Å². The number of ether oxygens (including phenoxy) is 2. The molecule has 0 saturated heterocycles. The van der Waals surface area contributed by atoms with Gasteiger partial charge in [0.05, 0.1) is 13.2 Å². The number of nitrogens with two attached hydrogens (primary N) is 1. The fraction of sp³-hybridized carbons (Fsp3) is 0.705. The first-order valence-electron chi connectivity index (χ1n) is 28.7. The van der Waals surface area contributed by atoms with Gasteiger partial charge >= 0.3 is 19.8 Å². The van der Waals surface area contributed by atoms with Crippen LogP contribution < -0.4 is 5.73 Å². The summed E-state index contributed by atoms with van der Waals surface area (Å²) in [5, 5.41) is 0. The van der Waals surface area contributed by atoms with E-state index < -0.39 is 32.5 Å². The van der Waals surface area contributed by atoms with Gasteiger partial charge in [-0.15, -0.1) is 0 Å². The van der Waals surface area contributed by atoms with Crippen molar-refractivity contribution in [3.8, 4) is 0 Å². The molecule has 0 spiro atoms. The molecule has 2 atom stereocenters. The number of hydrogen-bond donors (Lipinski definition) is 2. The Balaban J connectivity index is 3.89. The van der Waals surface area contributed by atoms with Gasteiger partial charge in [-0.2, -0.15) is 0 Å². The molecule has 0 aliphatic carbocycles. The molecule has 408 valence electrons. The van der Waals surface area contributed by atoms with Crippen molar-refractivity contribution in [3.05, 3.63) is 97.2 Å². The lowest BCUT2D eigenvalue weighted by Crippen LogP contribution is -2.29. The maximum atomic E-state index is 12.7. The number of unbranched alkanes of at least 4 members (excludes halogenated alkanes) is 24. The summed E-state index contributed by atoms with van der Waals surface area (Å²) in [5.74, 6) is -0.838. The number of esters is 2. The van der Waals surface area contributed by atoms with Crippen LogP contribution in [0.2, 0.25) is 0 Å². The Morgan fingerprint density at radius 1 is 0.437 bits per heavy atom. The molecule has 71 heavy (non-hydrogen) atoms. The third-order valence-corrected chi connectivity index (χ3v) is 12.9. The van der Waals surface area contributed by atoms with Crippen LogP contribution in [-0.4, -0.2) is 49.3 Å². The minimum absolute atomic E-state index is 0.0498. The SMILES string of the molecule is CC/C=C\C/C=C\C/C=C\C/C=C\C/C=C\C/C=C\C/C=C\CCCCCCCCCCCCCCCCCC(=O)OC(COC(=O)CCCCCCC/C=C\CCCCCC)COP(=O)(O)OCCN. The molecule has 0 bridgehead atoms. The van der Waals surface area contributed by atoms with Crippen molar-refractivity contribution in [1.29, 1.82) is 0 Å². The molecule has 2 unspecified atom stereocenters. The van der Waals surface area contributed by atoms with Gasteiger partial charge in [0.1, 0.15) is 6.61 Å². The average Bonchev–Trinajstić information content (AvgIpc) is 3.36. The molecule has 0 amide bonds. The van der Waals surface area contributed by atoms with Gasteiger partial charge in [0, 0.05) is 19.4 Å². The summed E-state index contributed by atoms with van der Waals surface area (Å²) < 4.78 is 32.9. The van der Waals surface area contributed by atoms with Gasteiger partial charge in [-0.05, 0) is 96.3 Å². The largest absolute Gasteiger partial charge is 0.472 e. The van der Waals surface area contributed by atoms with Gasteiger partial charge in [0.2, 0.25) is 0 Å². The highest BCUT2D eigenvalue weighted by Crippen LogP contribution is 2.43. The van der Waals surface area contributed by atoms with E-state index in [1.807, 2.05) is 0 Å². The lowest BCUT2D eigenvalue weighted by molar-refractivity contribution is -0.161. The van der Waals surface area contributed by atoms with Gasteiger partial charge in [0.15, 0.2) is 6.10 Å². The van der Waals surface area contributed by atoms with Crippen LogP contribution in [0.4, 0.5) is 0 Å². The van der Waals surface area contributed by atoms with Crippen LogP contribution in [0.15, 0.2) is 97.2 Å². The predicted octanol–water partition coefficient (Wildman–Crippen LogP) is 18.1. The minimum atomic E-state index is -4.39. The second kappa shape index (κ2) is 56.2. The molecule has 0 aliphatic heterocycles. The van der Waals surface area contributed by atoms with Gasteiger partial charge in [0.25, 0.3) is 0 Å². The van der Waals surface area contributed by atoms with Gasteiger partial charge < -0.3 is 20.1 Å². The topological polar surface area (TPSA) is 134 Å². The maximum absolute atomic E-state index is 12.7. The van der Waals surface area contributed by atoms with E-state index >= 15 is 0 Å². The van der Waals surface area contributed by atoms with Crippen molar-refractivity contribution in [2.24, 2.45) is 5.73 Å². The molecule has 0 saturated carbocycles. The fourth-order valence-electron chi connectivity index (χ4n) is 7.73. The lowest BCUT2D eigenvalue weighted by Gasteiger charge is -2.19. The summed E-state index contributed by atoms with van der Waals surface area (Å²) in [4.78, 5) is 35.1. The number of hydrogen-bond acceptors (Lipinski definition) is 8. The van der Waals surface area contributed by atoms with E-state index in [9.17, 15) is 19.0 Å². The van der Waals surface area contributed by atoms with Crippen LogP contribution in [0, 0.1) is 0 Å². The summed E-state index contributed by atoms with van der Waals surface area (Å²) in [7, 11) is -4.39. The highest BCUT2D eigenvalue weighted by atomic mass is 31.2. The average molecular weight is 1010 g/mol. The Labute approximate surface area is 436 Å². The third-order valence-electron chi connectivity index (χ3n) is 12.0. The molecular formula is C61H106NO8P. The molecule has 0 heterocycles. The zero-order valence-corrected chi connectivity index (χ0v) is 46.3. The quantitative estimate of drug-likeness (QED) is 0.0264. The third kappa shape index (κ3) is 56.1. The predicted molar refractivity (Wildman–Crippen MR) is 302 cm³/mol. The summed E-state index contributed by atoms with van der Waals surface area (Å²) in [6, 6.07) is 0. The summed E-state index contributed by atoms with van der Waals surface area (Å²) in [5.41, 5.74) is 5.37. The Morgan fingerprint density at radius 2 is 0.775 bits per heavy atom. The number of allylic oxidation sites excluding steroid dienone is 16. The zero-order chi connectivity index (χ0) is 51.7. The van der Waals surface area contributed by atoms with Gasteiger partial charge in [-0.25, -0.2) is 4.57 Å². The molecule has 9 nitrogen and oxygen atoms in total. The zero-order valence-electron chi connectivity index (χ0n) is 45.4. The number of carbonyl (C=O) groups is 2. The summed E-state index contributed by atoms with van der Waals surface area (Å²) >= 11 is 0. The van der Waals surface area contributed by atoms with Crippen molar-refractivity contribution in [2.45, 2.75) is 251 Å². The van der Waals surface area contributed by atoms with E-state index in [4.69, 9.17) is 24.3 Å². The first-order chi connectivity index (χ1) is 34.8. The van der Waals surface area contributed by atoms with E-state index in [0.717, 1.165) is 103 Å². The smallest absolute Gasteiger partial charge is 0.462 e. The molecule has 0 rings (SSSR count). The first-order valence-corrected chi connectivity index (χ1v) is 30.2. The van der Waals surface area contributed by atoms with E-state index in [-0.39, 0.29) is 32.6 Å².